The molecule has 1 N–H and O–H groups in total. The van der Waals surface area contributed by atoms with Crippen LogP contribution in [0, 0.1) is 11.3 Å². The zero-order valence-corrected chi connectivity index (χ0v) is 19.0. The highest BCUT2D eigenvalue weighted by atomic mass is 32.2. The molecular formula is C22H22F3N5O3S. The number of alkyl halides is 3. The molecule has 12 heteroatoms. The van der Waals surface area contributed by atoms with Gasteiger partial charge < -0.3 is 9.30 Å². The summed E-state index contributed by atoms with van der Waals surface area (Å²) in [5.41, 5.74) is 1.17. The minimum absolute atomic E-state index is 0.0134. The van der Waals surface area contributed by atoms with Crippen LogP contribution in [-0.2, 0) is 10.0 Å². The molecule has 1 saturated carbocycles. The molecule has 180 valence electrons. The third-order valence-electron chi connectivity index (χ3n) is 5.74. The second-order valence-corrected chi connectivity index (χ2v) is 9.83. The predicted octanol–water partition coefficient (Wildman–Crippen LogP) is 4.32. The van der Waals surface area contributed by atoms with Gasteiger partial charge in [0.25, 0.3) is 0 Å². The molecule has 2 aromatic heterocycles. The lowest BCUT2D eigenvalue weighted by Crippen LogP contribution is -2.34. The molecule has 2 heterocycles. The molecule has 0 saturated heterocycles. The van der Waals surface area contributed by atoms with Crippen LogP contribution in [0.25, 0.3) is 22.4 Å². The molecule has 34 heavy (non-hydrogen) atoms. The van der Waals surface area contributed by atoms with Crippen LogP contribution in [-0.4, -0.2) is 42.3 Å². The molecule has 1 atom stereocenters. The lowest BCUT2D eigenvalue weighted by molar-refractivity contribution is -0.0497. The number of ether oxygens (including phenoxy) is 1. The van der Waals surface area contributed by atoms with Gasteiger partial charge in [-0.3, -0.25) is 0 Å². The SMILES string of the molecule is C[C@@H](CF)NS(=O)(=O)c1cnc(-c2c(C#N)c3ccc(OC(F)F)cc3n2C2CCCC2)nc1. The minimum Gasteiger partial charge on any atom is -0.435 e. The van der Waals surface area contributed by atoms with Crippen molar-refractivity contribution in [2.24, 2.45) is 0 Å². The van der Waals surface area contributed by atoms with Gasteiger partial charge >= 0.3 is 6.61 Å². The van der Waals surface area contributed by atoms with Crippen LogP contribution in [0.4, 0.5) is 13.2 Å². The van der Waals surface area contributed by atoms with E-state index in [1.807, 2.05) is 4.57 Å². The van der Waals surface area contributed by atoms with Crippen LogP contribution in [0.3, 0.4) is 0 Å². The van der Waals surface area contributed by atoms with Crippen LogP contribution in [0.5, 0.6) is 5.75 Å². The molecule has 0 amide bonds. The van der Waals surface area contributed by atoms with Gasteiger partial charge in [-0.2, -0.15) is 14.0 Å². The van der Waals surface area contributed by atoms with E-state index in [0.717, 1.165) is 38.1 Å². The number of aromatic nitrogens is 3. The summed E-state index contributed by atoms with van der Waals surface area (Å²) in [5.74, 6) is 0.0826. The van der Waals surface area contributed by atoms with Gasteiger partial charge in [-0.05, 0) is 31.9 Å². The molecule has 3 aromatic rings. The number of nitrogens with zero attached hydrogens (tertiary/aromatic N) is 4. The maximum atomic E-state index is 12.8. The third-order valence-corrected chi connectivity index (χ3v) is 7.28. The molecular weight excluding hydrogens is 471 g/mol. The van der Waals surface area contributed by atoms with Gasteiger partial charge in [0.2, 0.25) is 10.0 Å². The zero-order chi connectivity index (χ0) is 24.5. The van der Waals surface area contributed by atoms with Crippen LogP contribution >= 0.6 is 0 Å². The van der Waals surface area contributed by atoms with E-state index < -0.39 is 29.4 Å². The second-order valence-electron chi connectivity index (χ2n) is 8.12. The molecule has 1 aromatic carbocycles. The number of benzene rings is 1. The molecule has 1 aliphatic rings. The summed E-state index contributed by atoms with van der Waals surface area (Å²) in [6.45, 7) is -2.48. The maximum Gasteiger partial charge on any atom is 0.387 e. The van der Waals surface area contributed by atoms with Crippen molar-refractivity contribution in [3.63, 3.8) is 0 Å². The maximum absolute atomic E-state index is 12.8. The topological polar surface area (TPSA) is 110 Å². The fourth-order valence-electron chi connectivity index (χ4n) is 4.28. The average Bonchev–Trinajstić information content (AvgIpc) is 3.43. The van der Waals surface area contributed by atoms with Crippen molar-refractivity contribution in [3.8, 4) is 23.3 Å². The van der Waals surface area contributed by atoms with E-state index in [9.17, 15) is 26.9 Å². The zero-order valence-electron chi connectivity index (χ0n) is 18.2. The lowest BCUT2D eigenvalue weighted by Gasteiger charge is -2.18. The molecule has 8 nitrogen and oxygen atoms in total. The van der Waals surface area contributed by atoms with E-state index in [4.69, 9.17) is 0 Å². The van der Waals surface area contributed by atoms with E-state index >= 15 is 0 Å². The fraction of sp³-hybridized carbons (Fsp3) is 0.409. The molecule has 0 radical (unpaired) electrons. The van der Waals surface area contributed by atoms with Gasteiger partial charge in [-0.15, -0.1) is 0 Å². The Labute approximate surface area is 194 Å². The Hall–Kier alpha value is -3.17. The highest BCUT2D eigenvalue weighted by molar-refractivity contribution is 7.89. The average molecular weight is 494 g/mol. The molecule has 0 spiro atoms. The lowest BCUT2D eigenvalue weighted by atomic mass is 10.1. The summed E-state index contributed by atoms with van der Waals surface area (Å²) >= 11 is 0. The van der Waals surface area contributed by atoms with Crippen LogP contribution in [0.15, 0.2) is 35.5 Å². The summed E-state index contributed by atoms with van der Waals surface area (Å²) in [4.78, 5) is 8.17. The Morgan fingerprint density at radius 1 is 1.26 bits per heavy atom. The Morgan fingerprint density at radius 2 is 1.94 bits per heavy atom. The van der Waals surface area contributed by atoms with E-state index in [-0.39, 0.29) is 28.1 Å². The first-order chi connectivity index (χ1) is 16.2. The number of halogens is 3. The molecule has 1 fully saturated rings. The van der Waals surface area contributed by atoms with Crippen LogP contribution in [0.2, 0.25) is 0 Å². The van der Waals surface area contributed by atoms with E-state index in [2.05, 4.69) is 25.5 Å². The number of fused-ring (bicyclic) bond motifs is 1. The number of sulfonamides is 1. The van der Waals surface area contributed by atoms with Crippen molar-refractivity contribution < 1.29 is 26.3 Å². The van der Waals surface area contributed by atoms with E-state index in [1.54, 1.807) is 6.07 Å². The second kappa shape index (κ2) is 9.60. The Balaban J connectivity index is 1.86. The first kappa shape index (κ1) is 24.0. The summed E-state index contributed by atoms with van der Waals surface area (Å²) < 4.78 is 71.8. The first-order valence-electron chi connectivity index (χ1n) is 10.7. The summed E-state index contributed by atoms with van der Waals surface area (Å²) in [5, 5.41) is 10.5. The van der Waals surface area contributed by atoms with Gasteiger partial charge in [0.05, 0.1) is 23.5 Å². The van der Waals surface area contributed by atoms with Gasteiger partial charge in [0.15, 0.2) is 5.82 Å². The van der Waals surface area contributed by atoms with Gasteiger partial charge in [-0.1, -0.05) is 12.8 Å². The van der Waals surface area contributed by atoms with Crippen molar-refractivity contribution in [3.05, 3.63) is 36.2 Å². The molecule has 0 bridgehead atoms. The summed E-state index contributed by atoms with van der Waals surface area (Å²) in [7, 11) is -4.03. The number of hydrogen-bond donors (Lipinski definition) is 1. The normalized spacial score (nSPS) is 15.6. The largest absolute Gasteiger partial charge is 0.435 e. The predicted molar refractivity (Wildman–Crippen MR) is 118 cm³/mol. The van der Waals surface area contributed by atoms with Crippen molar-refractivity contribution in [2.75, 3.05) is 6.67 Å². The highest BCUT2D eigenvalue weighted by Gasteiger charge is 2.28. The van der Waals surface area contributed by atoms with Crippen molar-refractivity contribution in [1.82, 2.24) is 19.3 Å². The standard InChI is InChI=1S/C22H22F3N5O3S/c1-13(9-23)29-34(31,32)16-11-27-21(28-12-16)20-18(10-26)17-7-6-15(33-22(24)25)8-19(17)30(20)14-4-2-3-5-14/h6-8,11-14,22,29H,2-5,9H2,1H3/t13-/m0/s1. The molecule has 0 unspecified atom stereocenters. The fourth-order valence-corrected chi connectivity index (χ4v) is 5.39. The van der Waals surface area contributed by atoms with Crippen molar-refractivity contribution >= 4 is 20.9 Å². The number of rotatable bonds is 8. The molecule has 1 aliphatic carbocycles. The van der Waals surface area contributed by atoms with Crippen molar-refractivity contribution in [1.29, 1.82) is 5.26 Å². The minimum atomic E-state index is -4.03. The van der Waals surface area contributed by atoms with Gasteiger partial charge in [0, 0.05) is 23.5 Å². The van der Waals surface area contributed by atoms with E-state index in [1.165, 1.54) is 19.1 Å². The van der Waals surface area contributed by atoms with Gasteiger partial charge in [0.1, 0.15) is 29.1 Å². The summed E-state index contributed by atoms with van der Waals surface area (Å²) in [6, 6.07) is 5.61. The molecule has 4 rings (SSSR count). The first-order valence-corrected chi connectivity index (χ1v) is 12.2. The van der Waals surface area contributed by atoms with Crippen LogP contribution < -0.4 is 9.46 Å². The van der Waals surface area contributed by atoms with Crippen molar-refractivity contribution in [2.45, 2.75) is 56.2 Å². The monoisotopic (exact) mass is 493 g/mol. The third kappa shape index (κ3) is 4.58. The van der Waals surface area contributed by atoms with Gasteiger partial charge in [-0.25, -0.2) is 27.5 Å². The number of hydrogen-bond acceptors (Lipinski definition) is 6. The molecule has 0 aliphatic heterocycles. The smallest absolute Gasteiger partial charge is 0.387 e. The summed E-state index contributed by atoms with van der Waals surface area (Å²) in [6.07, 6.45) is 5.76. The Bertz CT molecular complexity index is 1330. The van der Waals surface area contributed by atoms with Crippen LogP contribution in [0.1, 0.15) is 44.2 Å². The number of nitrogens with one attached hydrogen (secondary N) is 1. The highest BCUT2D eigenvalue weighted by Crippen LogP contribution is 2.41. The van der Waals surface area contributed by atoms with E-state index in [0.29, 0.717) is 16.6 Å². The quantitative estimate of drug-likeness (QED) is 0.500. The Morgan fingerprint density at radius 3 is 2.53 bits per heavy atom. The Kier molecular flexibility index (Phi) is 6.77. The number of nitriles is 1.